The number of hydrogen-bond acceptors (Lipinski definition) is 5. The maximum Gasteiger partial charge on any atom is 0.236 e. The minimum absolute atomic E-state index is 0. The average Bonchev–Trinajstić information content (AvgIpc) is 2.34. The number of nitrogens with zero attached hydrogens (tertiary/aromatic N) is 1. The molecule has 0 radical (unpaired) electrons. The quantitative estimate of drug-likeness (QED) is 0.722. The molecule has 0 unspecified atom stereocenters. The smallest absolute Gasteiger partial charge is 0.236 e. The highest BCUT2D eigenvalue weighted by Gasteiger charge is 2.26. The summed E-state index contributed by atoms with van der Waals surface area (Å²) in [4.78, 5) is 14.0. The van der Waals surface area contributed by atoms with Crippen molar-refractivity contribution in [1.82, 2.24) is 10.2 Å². The van der Waals surface area contributed by atoms with Crippen LogP contribution in [0.1, 0.15) is 20.3 Å². The second-order valence-corrected chi connectivity index (χ2v) is 6.55. The first-order valence-corrected chi connectivity index (χ1v) is 8.22. The maximum atomic E-state index is 11.7. The standard InChI is InChI=1S/C13H27N3O2S.ClH/c1-13(2)10-16(7-8-18-13)6-5-15-12(17)11(14)4-9-19-3;/h11H,4-10,14H2,1-3H3,(H,15,17);1H/t11-;/m0./s1. The Morgan fingerprint density at radius 1 is 1.55 bits per heavy atom. The first-order chi connectivity index (χ1) is 8.94. The Morgan fingerprint density at radius 3 is 2.85 bits per heavy atom. The van der Waals surface area contributed by atoms with Crippen molar-refractivity contribution < 1.29 is 9.53 Å². The Bertz CT molecular complexity index is 293. The zero-order chi connectivity index (χ0) is 14.3. The van der Waals surface area contributed by atoms with E-state index < -0.39 is 0 Å². The molecule has 1 fully saturated rings. The predicted octanol–water partition coefficient (Wildman–Crippen LogP) is 0.716. The number of ether oxygens (including phenoxy) is 1. The Balaban J connectivity index is 0.00000361. The van der Waals surface area contributed by atoms with Gasteiger partial charge in [0.25, 0.3) is 0 Å². The highest BCUT2D eigenvalue weighted by atomic mass is 35.5. The maximum absolute atomic E-state index is 11.7. The molecule has 0 saturated carbocycles. The van der Waals surface area contributed by atoms with Gasteiger partial charge in [-0.3, -0.25) is 9.69 Å². The van der Waals surface area contributed by atoms with E-state index in [1.807, 2.05) is 6.26 Å². The second-order valence-electron chi connectivity index (χ2n) is 5.56. The third kappa shape index (κ3) is 7.69. The number of nitrogens with two attached hydrogens (primary N) is 1. The van der Waals surface area contributed by atoms with Gasteiger partial charge in [0.15, 0.2) is 0 Å². The van der Waals surface area contributed by atoms with Gasteiger partial charge in [-0.25, -0.2) is 0 Å². The molecule has 7 heteroatoms. The lowest BCUT2D eigenvalue weighted by Crippen LogP contribution is -2.51. The number of morpholine rings is 1. The summed E-state index contributed by atoms with van der Waals surface area (Å²) in [6, 6.07) is -0.381. The Morgan fingerprint density at radius 2 is 2.25 bits per heavy atom. The summed E-state index contributed by atoms with van der Waals surface area (Å²) in [7, 11) is 0. The number of carbonyl (C=O) groups excluding carboxylic acids is 1. The summed E-state index contributed by atoms with van der Waals surface area (Å²) < 4.78 is 5.65. The molecule has 0 bridgehead atoms. The molecular weight excluding hydrogens is 298 g/mol. The van der Waals surface area contributed by atoms with Crippen LogP contribution in [0, 0.1) is 0 Å². The van der Waals surface area contributed by atoms with E-state index in [0.717, 1.165) is 38.4 Å². The second kappa shape index (κ2) is 9.84. The number of rotatable bonds is 7. The van der Waals surface area contributed by atoms with Gasteiger partial charge in [0.2, 0.25) is 5.91 Å². The third-order valence-electron chi connectivity index (χ3n) is 3.20. The lowest BCUT2D eigenvalue weighted by molar-refractivity contribution is -0.122. The van der Waals surface area contributed by atoms with E-state index in [1.165, 1.54) is 0 Å². The van der Waals surface area contributed by atoms with Crippen molar-refractivity contribution in [2.24, 2.45) is 5.73 Å². The summed E-state index contributed by atoms with van der Waals surface area (Å²) in [6.07, 6.45) is 2.75. The van der Waals surface area contributed by atoms with Crippen molar-refractivity contribution in [2.75, 3.05) is 44.8 Å². The molecule has 1 amide bonds. The van der Waals surface area contributed by atoms with E-state index in [-0.39, 0.29) is 30.0 Å². The molecule has 0 aromatic carbocycles. The Kier molecular flexibility index (Phi) is 9.84. The van der Waals surface area contributed by atoms with Gasteiger partial charge >= 0.3 is 0 Å². The zero-order valence-electron chi connectivity index (χ0n) is 12.7. The van der Waals surface area contributed by atoms with Crippen LogP contribution in [-0.2, 0) is 9.53 Å². The van der Waals surface area contributed by atoms with Crippen LogP contribution in [-0.4, -0.2) is 67.2 Å². The SMILES string of the molecule is CSCC[C@H](N)C(=O)NCCN1CCOC(C)(C)C1.Cl. The molecule has 1 atom stereocenters. The third-order valence-corrected chi connectivity index (χ3v) is 3.85. The van der Waals surface area contributed by atoms with Gasteiger partial charge in [0, 0.05) is 26.2 Å². The van der Waals surface area contributed by atoms with Crippen molar-refractivity contribution in [3.05, 3.63) is 0 Å². The molecule has 1 aliphatic rings. The number of thioether (sulfide) groups is 1. The van der Waals surface area contributed by atoms with Gasteiger partial charge in [-0.05, 0) is 32.3 Å². The average molecular weight is 326 g/mol. The number of carbonyl (C=O) groups is 1. The van der Waals surface area contributed by atoms with Crippen LogP contribution >= 0.6 is 24.2 Å². The predicted molar refractivity (Wildman–Crippen MR) is 87.7 cm³/mol. The topological polar surface area (TPSA) is 67.6 Å². The summed E-state index contributed by atoms with van der Waals surface area (Å²) >= 11 is 1.71. The summed E-state index contributed by atoms with van der Waals surface area (Å²) in [5, 5.41) is 2.91. The summed E-state index contributed by atoms with van der Waals surface area (Å²) in [6.45, 7) is 8.29. The molecule has 1 rings (SSSR count). The van der Waals surface area contributed by atoms with Gasteiger partial charge in [0.1, 0.15) is 0 Å². The highest BCUT2D eigenvalue weighted by molar-refractivity contribution is 7.98. The van der Waals surface area contributed by atoms with Gasteiger partial charge < -0.3 is 15.8 Å². The lowest BCUT2D eigenvalue weighted by Gasteiger charge is -2.38. The number of hydrogen-bond donors (Lipinski definition) is 2. The lowest BCUT2D eigenvalue weighted by atomic mass is 10.1. The van der Waals surface area contributed by atoms with Crippen molar-refractivity contribution in [1.29, 1.82) is 0 Å². The Labute approximate surface area is 132 Å². The summed E-state index contributed by atoms with van der Waals surface area (Å²) in [5.74, 6) is 0.883. The van der Waals surface area contributed by atoms with E-state index in [4.69, 9.17) is 10.5 Å². The molecule has 3 N–H and O–H groups in total. The van der Waals surface area contributed by atoms with E-state index in [9.17, 15) is 4.79 Å². The monoisotopic (exact) mass is 325 g/mol. The van der Waals surface area contributed by atoms with E-state index in [1.54, 1.807) is 11.8 Å². The molecule has 0 aliphatic carbocycles. The number of nitrogens with one attached hydrogen (secondary N) is 1. The van der Waals surface area contributed by atoms with E-state index >= 15 is 0 Å². The molecule has 1 heterocycles. The van der Waals surface area contributed by atoms with Crippen LogP contribution in [0.15, 0.2) is 0 Å². The number of amides is 1. The molecule has 1 aliphatic heterocycles. The van der Waals surface area contributed by atoms with Gasteiger partial charge in [-0.2, -0.15) is 11.8 Å². The normalized spacial score (nSPS) is 20.0. The molecule has 5 nitrogen and oxygen atoms in total. The highest BCUT2D eigenvalue weighted by Crippen LogP contribution is 2.15. The van der Waals surface area contributed by atoms with Crippen LogP contribution in [0.3, 0.4) is 0 Å². The van der Waals surface area contributed by atoms with Crippen LogP contribution in [0.25, 0.3) is 0 Å². The largest absolute Gasteiger partial charge is 0.373 e. The van der Waals surface area contributed by atoms with Crippen molar-refractivity contribution in [3.63, 3.8) is 0 Å². The van der Waals surface area contributed by atoms with Crippen molar-refractivity contribution in [2.45, 2.75) is 31.9 Å². The van der Waals surface area contributed by atoms with Gasteiger partial charge in [0.05, 0.1) is 18.2 Å². The van der Waals surface area contributed by atoms with Crippen molar-refractivity contribution in [3.8, 4) is 0 Å². The minimum atomic E-state index is -0.381. The fourth-order valence-electron chi connectivity index (χ4n) is 2.15. The van der Waals surface area contributed by atoms with Crippen LogP contribution in [0.2, 0.25) is 0 Å². The van der Waals surface area contributed by atoms with Crippen LogP contribution in [0.4, 0.5) is 0 Å². The zero-order valence-corrected chi connectivity index (χ0v) is 14.3. The minimum Gasteiger partial charge on any atom is -0.373 e. The first-order valence-electron chi connectivity index (χ1n) is 6.83. The van der Waals surface area contributed by atoms with Crippen molar-refractivity contribution >= 4 is 30.1 Å². The van der Waals surface area contributed by atoms with Crippen LogP contribution < -0.4 is 11.1 Å². The molecule has 1 saturated heterocycles. The fourth-order valence-corrected chi connectivity index (χ4v) is 2.64. The molecular formula is C13H28ClN3O2S. The first kappa shape index (κ1) is 20.0. The molecule has 0 spiro atoms. The van der Waals surface area contributed by atoms with Gasteiger partial charge in [-0.1, -0.05) is 0 Å². The molecule has 120 valence electrons. The fraction of sp³-hybridized carbons (Fsp3) is 0.923. The molecule has 0 aromatic heterocycles. The molecule has 0 aromatic rings. The Hall–Kier alpha value is -0.0100. The molecule has 20 heavy (non-hydrogen) atoms. The van der Waals surface area contributed by atoms with Crippen LogP contribution in [0.5, 0.6) is 0 Å². The van der Waals surface area contributed by atoms with Gasteiger partial charge in [-0.15, -0.1) is 12.4 Å². The van der Waals surface area contributed by atoms with E-state index in [2.05, 4.69) is 24.1 Å². The van der Waals surface area contributed by atoms with E-state index in [0.29, 0.717) is 6.54 Å². The number of halogens is 1. The summed E-state index contributed by atoms with van der Waals surface area (Å²) in [5.41, 5.74) is 5.72.